The molecule has 2 aromatic heterocycles. The van der Waals surface area contributed by atoms with E-state index in [1.54, 1.807) is 12.4 Å². The first-order valence-corrected chi connectivity index (χ1v) is 8.37. The van der Waals surface area contributed by atoms with Crippen LogP contribution in [0.15, 0.2) is 24.8 Å². The van der Waals surface area contributed by atoms with Crippen LogP contribution in [-0.2, 0) is 0 Å². The molecule has 0 bridgehead atoms. The van der Waals surface area contributed by atoms with Gasteiger partial charge in [-0.25, -0.2) is 9.97 Å². The summed E-state index contributed by atoms with van der Waals surface area (Å²) in [6.07, 6.45) is 7.29. The fourth-order valence-corrected chi connectivity index (χ4v) is 1.68. The van der Waals surface area contributed by atoms with Gasteiger partial charge in [0.25, 0.3) is 0 Å². The molecule has 0 spiro atoms. The summed E-state index contributed by atoms with van der Waals surface area (Å²) >= 11 is 0. The zero-order valence-electron chi connectivity index (χ0n) is 9.15. The third-order valence-electron chi connectivity index (χ3n) is 1.87. The Balaban J connectivity index is 2.51. The second-order valence-electron chi connectivity index (χ2n) is 4.43. The molecule has 2 aromatic rings. The number of rotatable bonds is 0. The molecule has 0 saturated heterocycles. The lowest BCUT2D eigenvalue weighted by atomic mass is 10.4. The van der Waals surface area contributed by atoms with Crippen LogP contribution in [0.2, 0.25) is 19.6 Å². The first-order valence-electron chi connectivity index (χ1n) is 4.87. The van der Waals surface area contributed by atoms with E-state index in [1.165, 1.54) is 0 Å². The van der Waals surface area contributed by atoms with Gasteiger partial charge in [-0.2, -0.15) is 0 Å². The van der Waals surface area contributed by atoms with E-state index in [2.05, 4.69) is 41.1 Å². The van der Waals surface area contributed by atoms with Crippen LogP contribution in [0.4, 0.5) is 0 Å². The van der Waals surface area contributed by atoms with Crippen molar-refractivity contribution in [3.63, 3.8) is 0 Å². The van der Waals surface area contributed by atoms with Crippen LogP contribution in [-0.4, -0.2) is 22.4 Å². The van der Waals surface area contributed by atoms with E-state index in [1.807, 2.05) is 16.8 Å². The zero-order chi connectivity index (χ0) is 10.9. The average molecular weight is 215 g/mol. The lowest BCUT2D eigenvalue weighted by Crippen LogP contribution is -2.16. The Hall–Kier alpha value is -1.60. The predicted molar refractivity (Wildman–Crippen MR) is 63.2 cm³/mol. The van der Waals surface area contributed by atoms with Gasteiger partial charge in [-0.05, 0) is 0 Å². The summed E-state index contributed by atoms with van der Waals surface area (Å²) in [6.45, 7) is 6.64. The number of hydrogen-bond acceptors (Lipinski definition) is 2. The summed E-state index contributed by atoms with van der Waals surface area (Å²) in [6, 6.07) is 0. The Morgan fingerprint density at radius 3 is 2.47 bits per heavy atom. The molecule has 76 valence electrons. The number of hydrogen-bond donors (Lipinski definition) is 0. The van der Waals surface area contributed by atoms with E-state index in [9.17, 15) is 0 Å². The van der Waals surface area contributed by atoms with E-state index in [4.69, 9.17) is 0 Å². The second-order valence-corrected chi connectivity index (χ2v) is 9.18. The van der Waals surface area contributed by atoms with E-state index in [0.29, 0.717) is 0 Å². The van der Waals surface area contributed by atoms with Crippen molar-refractivity contribution in [1.82, 2.24) is 14.4 Å². The largest absolute Gasteiger partial charge is 0.303 e. The zero-order valence-corrected chi connectivity index (χ0v) is 10.2. The summed E-state index contributed by atoms with van der Waals surface area (Å²) in [5.74, 6) is 3.13. The first kappa shape index (κ1) is 9.93. The van der Waals surface area contributed by atoms with Crippen LogP contribution in [0.1, 0.15) is 5.69 Å². The highest BCUT2D eigenvalue weighted by Crippen LogP contribution is 2.04. The van der Waals surface area contributed by atoms with Gasteiger partial charge in [-0.3, -0.25) is 0 Å². The summed E-state index contributed by atoms with van der Waals surface area (Å²) < 4.78 is 1.93. The van der Waals surface area contributed by atoms with Crippen LogP contribution >= 0.6 is 0 Å². The van der Waals surface area contributed by atoms with Crippen molar-refractivity contribution in [2.24, 2.45) is 0 Å². The third-order valence-corrected chi connectivity index (χ3v) is 2.74. The minimum absolute atomic E-state index is 0.768. The van der Waals surface area contributed by atoms with Crippen molar-refractivity contribution in [2.75, 3.05) is 0 Å². The van der Waals surface area contributed by atoms with Crippen molar-refractivity contribution >= 4 is 13.7 Å². The van der Waals surface area contributed by atoms with Crippen molar-refractivity contribution in [1.29, 1.82) is 0 Å². The molecule has 0 fully saturated rings. The topological polar surface area (TPSA) is 30.2 Å². The molecule has 0 radical (unpaired) electrons. The van der Waals surface area contributed by atoms with E-state index in [0.717, 1.165) is 11.3 Å². The fourth-order valence-electron chi connectivity index (χ4n) is 1.19. The van der Waals surface area contributed by atoms with E-state index < -0.39 is 8.07 Å². The standard InChI is InChI=1S/C11H13N3Si/c1-15(2,3)9-4-10-11-13-6-8-14(11)7-5-12-10/h5-8H,1-3H3. The van der Waals surface area contributed by atoms with Gasteiger partial charge in [0.15, 0.2) is 11.3 Å². The maximum atomic E-state index is 4.25. The Morgan fingerprint density at radius 2 is 1.80 bits per heavy atom. The summed E-state index contributed by atoms with van der Waals surface area (Å²) in [5.41, 5.74) is 4.90. The van der Waals surface area contributed by atoms with Gasteiger partial charge in [0, 0.05) is 24.8 Å². The molecule has 3 nitrogen and oxygen atoms in total. The van der Waals surface area contributed by atoms with Gasteiger partial charge in [-0.1, -0.05) is 25.6 Å². The van der Waals surface area contributed by atoms with Crippen LogP contribution in [0.5, 0.6) is 0 Å². The number of nitrogens with zero attached hydrogens (tertiary/aromatic N) is 3. The Morgan fingerprint density at radius 1 is 1.13 bits per heavy atom. The molecule has 0 aliphatic rings. The maximum Gasteiger partial charge on any atom is 0.171 e. The maximum absolute atomic E-state index is 4.25. The molecule has 0 atom stereocenters. The molecule has 0 aromatic carbocycles. The van der Waals surface area contributed by atoms with Gasteiger partial charge >= 0.3 is 0 Å². The van der Waals surface area contributed by atoms with Crippen molar-refractivity contribution in [2.45, 2.75) is 19.6 Å². The first-order chi connectivity index (χ1) is 7.06. The molecule has 15 heavy (non-hydrogen) atoms. The lowest BCUT2D eigenvalue weighted by Gasteiger charge is -2.03. The van der Waals surface area contributed by atoms with Gasteiger partial charge < -0.3 is 4.40 Å². The summed E-state index contributed by atoms with van der Waals surface area (Å²) in [4.78, 5) is 8.48. The second kappa shape index (κ2) is 3.52. The highest BCUT2D eigenvalue weighted by molar-refractivity contribution is 6.83. The molecule has 0 aliphatic heterocycles. The van der Waals surface area contributed by atoms with E-state index in [-0.39, 0.29) is 0 Å². The van der Waals surface area contributed by atoms with E-state index >= 15 is 0 Å². The minimum atomic E-state index is -1.35. The van der Waals surface area contributed by atoms with Crippen LogP contribution in [0.25, 0.3) is 5.65 Å². The van der Waals surface area contributed by atoms with Crippen molar-refractivity contribution in [3.05, 3.63) is 30.5 Å². The molecule has 0 saturated carbocycles. The molecule has 0 aliphatic carbocycles. The predicted octanol–water partition coefficient (Wildman–Crippen LogP) is 1.96. The minimum Gasteiger partial charge on any atom is -0.303 e. The quantitative estimate of drug-likeness (QED) is 0.497. The molecule has 0 unspecified atom stereocenters. The number of aromatic nitrogens is 3. The summed E-state index contributed by atoms with van der Waals surface area (Å²) in [7, 11) is -1.35. The normalized spacial score (nSPS) is 11.1. The molecular formula is C11H13N3Si. The fraction of sp³-hybridized carbons (Fsp3) is 0.273. The molecule has 2 heterocycles. The third kappa shape index (κ3) is 2.25. The Labute approximate surface area is 90.2 Å². The smallest absolute Gasteiger partial charge is 0.171 e. The average Bonchev–Trinajstić information content (AvgIpc) is 2.61. The van der Waals surface area contributed by atoms with Gasteiger partial charge in [0.1, 0.15) is 8.07 Å². The monoisotopic (exact) mass is 215 g/mol. The van der Waals surface area contributed by atoms with Crippen LogP contribution < -0.4 is 0 Å². The van der Waals surface area contributed by atoms with Crippen molar-refractivity contribution < 1.29 is 0 Å². The number of fused-ring (bicyclic) bond motifs is 1. The Bertz CT molecular complexity index is 540. The van der Waals surface area contributed by atoms with Crippen LogP contribution in [0.3, 0.4) is 0 Å². The Kier molecular flexibility index (Phi) is 2.33. The molecular weight excluding hydrogens is 202 g/mol. The lowest BCUT2D eigenvalue weighted by molar-refractivity contribution is 1.11. The van der Waals surface area contributed by atoms with Gasteiger partial charge in [-0.15, -0.1) is 5.54 Å². The van der Waals surface area contributed by atoms with Gasteiger partial charge in [0.05, 0.1) is 0 Å². The van der Waals surface area contributed by atoms with Crippen LogP contribution in [0, 0.1) is 11.5 Å². The molecule has 0 amide bonds. The van der Waals surface area contributed by atoms with Gasteiger partial charge in [0.2, 0.25) is 0 Å². The SMILES string of the molecule is C[Si](C)(C)C#Cc1nccn2ccnc12. The highest BCUT2D eigenvalue weighted by Gasteiger charge is 2.08. The highest BCUT2D eigenvalue weighted by atomic mass is 28.3. The van der Waals surface area contributed by atoms with Crippen molar-refractivity contribution in [3.8, 4) is 11.5 Å². The molecule has 4 heteroatoms. The summed E-state index contributed by atoms with van der Waals surface area (Å²) in [5, 5.41) is 0. The molecule has 0 N–H and O–H groups in total. The number of imidazole rings is 1. The molecule has 2 rings (SSSR count).